The lowest BCUT2D eigenvalue weighted by atomic mass is 10.1. The molecule has 0 aliphatic carbocycles. The molecule has 2 aromatic carbocycles. The van der Waals surface area contributed by atoms with E-state index in [9.17, 15) is 0 Å². The zero-order chi connectivity index (χ0) is 24.4. The number of benzene rings is 2. The molecule has 8 heteroatoms. The third kappa shape index (κ3) is 4.51. The van der Waals surface area contributed by atoms with Crippen LogP contribution in [0.25, 0.3) is 21.3 Å². The van der Waals surface area contributed by atoms with Gasteiger partial charge in [-0.3, -0.25) is 4.90 Å². The number of anilines is 1. The molecule has 0 saturated carbocycles. The van der Waals surface area contributed by atoms with Gasteiger partial charge in [-0.1, -0.05) is 36.4 Å². The lowest BCUT2D eigenvalue weighted by Crippen LogP contribution is -2.46. The molecule has 182 valence electrons. The lowest BCUT2D eigenvalue weighted by molar-refractivity contribution is 0.243. The molecule has 1 aliphatic heterocycles. The Hall–Kier alpha value is -3.36. The first kappa shape index (κ1) is 23.4. The fraction of sp³-hybridized carbons (Fsp3) is 0.333. The molecule has 2 aromatic heterocycles. The number of methoxy groups -OCH3 is 3. The topological polar surface area (TPSA) is 60.0 Å². The molecule has 0 bridgehead atoms. The zero-order valence-electron chi connectivity index (χ0n) is 20.6. The van der Waals surface area contributed by atoms with Crippen molar-refractivity contribution in [2.24, 2.45) is 0 Å². The molecule has 35 heavy (non-hydrogen) atoms. The van der Waals surface area contributed by atoms with Crippen LogP contribution in [0.3, 0.4) is 0 Å². The quantitative estimate of drug-likeness (QED) is 0.361. The van der Waals surface area contributed by atoms with E-state index in [1.807, 2.05) is 19.1 Å². The maximum atomic E-state index is 5.69. The normalized spacial score (nSPS) is 14.3. The number of hydrogen-bond donors (Lipinski definition) is 0. The molecular weight excluding hydrogens is 460 g/mol. The van der Waals surface area contributed by atoms with E-state index in [2.05, 4.69) is 45.5 Å². The summed E-state index contributed by atoms with van der Waals surface area (Å²) in [5, 5.41) is 3.36. The summed E-state index contributed by atoms with van der Waals surface area (Å²) in [6.07, 6.45) is 0. The second kappa shape index (κ2) is 10.1. The van der Waals surface area contributed by atoms with Gasteiger partial charge in [-0.15, -0.1) is 11.3 Å². The Kier molecular flexibility index (Phi) is 6.74. The van der Waals surface area contributed by atoms with Gasteiger partial charge in [-0.05, 0) is 18.6 Å². The summed E-state index contributed by atoms with van der Waals surface area (Å²) in [6, 6.07) is 14.5. The molecule has 4 aromatic rings. The van der Waals surface area contributed by atoms with E-state index in [1.165, 1.54) is 11.1 Å². The highest BCUT2D eigenvalue weighted by atomic mass is 32.1. The number of aromatic nitrogens is 2. The molecule has 7 nitrogen and oxygen atoms in total. The Labute approximate surface area is 209 Å². The minimum Gasteiger partial charge on any atom is -0.493 e. The highest BCUT2D eigenvalue weighted by Gasteiger charge is 2.25. The minimum atomic E-state index is 0.635. The van der Waals surface area contributed by atoms with Gasteiger partial charge in [0.15, 0.2) is 11.5 Å². The van der Waals surface area contributed by atoms with Gasteiger partial charge >= 0.3 is 0 Å². The molecule has 0 unspecified atom stereocenters. The summed E-state index contributed by atoms with van der Waals surface area (Å²) < 4.78 is 16.7. The summed E-state index contributed by atoms with van der Waals surface area (Å²) in [4.78, 5) is 15.5. The number of hydrogen-bond acceptors (Lipinski definition) is 8. The molecule has 0 spiro atoms. The van der Waals surface area contributed by atoms with E-state index >= 15 is 0 Å². The Morgan fingerprint density at radius 3 is 2.29 bits per heavy atom. The first-order valence-corrected chi connectivity index (χ1v) is 12.6. The van der Waals surface area contributed by atoms with Crippen LogP contribution in [-0.2, 0) is 6.54 Å². The molecule has 0 atom stereocenters. The summed E-state index contributed by atoms with van der Waals surface area (Å²) >= 11 is 1.69. The van der Waals surface area contributed by atoms with E-state index in [1.54, 1.807) is 32.7 Å². The summed E-state index contributed by atoms with van der Waals surface area (Å²) in [6.45, 7) is 6.39. The van der Waals surface area contributed by atoms with Crippen LogP contribution in [0.1, 0.15) is 11.4 Å². The smallest absolute Gasteiger partial charge is 0.203 e. The monoisotopic (exact) mass is 490 g/mol. The van der Waals surface area contributed by atoms with Crippen molar-refractivity contribution >= 4 is 27.4 Å². The number of ether oxygens (including phenoxy) is 3. The van der Waals surface area contributed by atoms with Crippen molar-refractivity contribution in [1.29, 1.82) is 0 Å². The van der Waals surface area contributed by atoms with E-state index in [-0.39, 0.29) is 0 Å². The third-order valence-corrected chi connectivity index (χ3v) is 7.33. The van der Waals surface area contributed by atoms with E-state index in [0.717, 1.165) is 65.9 Å². The van der Waals surface area contributed by atoms with Crippen LogP contribution < -0.4 is 19.1 Å². The molecule has 0 radical (unpaired) electrons. The van der Waals surface area contributed by atoms with Gasteiger partial charge in [-0.25, -0.2) is 9.97 Å². The predicted octanol–water partition coefficient (Wildman–Crippen LogP) is 5.01. The summed E-state index contributed by atoms with van der Waals surface area (Å²) in [5.41, 5.74) is 3.49. The van der Waals surface area contributed by atoms with Gasteiger partial charge in [0.25, 0.3) is 0 Å². The third-order valence-electron chi connectivity index (χ3n) is 6.46. The lowest BCUT2D eigenvalue weighted by Gasteiger charge is -2.36. The van der Waals surface area contributed by atoms with Crippen molar-refractivity contribution in [2.75, 3.05) is 52.4 Å². The Bertz CT molecular complexity index is 1320. The molecule has 3 heterocycles. The van der Waals surface area contributed by atoms with Gasteiger partial charge in [-0.2, -0.15) is 0 Å². The Morgan fingerprint density at radius 1 is 0.857 bits per heavy atom. The molecule has 0 N–H and O–H groups in total. The van der Waals surface area contributed by atoms with Crippen LogP contribution in [0, 0.1) is 6.92 Å². The second-order valence-corrected chi connectivity index (χ2v) is 9.40. The number of thiophene rings is 1. The van der Waals surface area contributed by atoms with Gasteiger partial charge < -0.3 is 19.1 Å². The van der Waals surface area contributed by atoms with Gasteiger partial charge in [0.2, 0.25) is 5.75 Å². The van der Waals surface area contributed by atoms with E-state index in [4.69, 9.17) is 24.2 Å². The largest absolute Gasteiger partial charge is 0.493 e. The highest BCUT2D eigenvalue weighted by Crippen LogP contribution is 2.41. The number of nitrogens with zero attached hydrogens (tertiary/aromatic N) is 4. The molecule has 1 aliphatic rings. The highest BCUT2D eigenvalue weighted by molar-refractivity contribution is 7.17. The summed E-state index contributed by atoms with van der Waals surface area (Å²) in [5.74, 6) is 3.89. The van der Waals surface area contributed by atoms with Gasteiger partial charge in [0, 0.05) is 49.2 Å². The minimum absolute atomic E-state index is 0.635. The first-order valence-electron chi connectivity index (χ1n) is 11.7. The van der Waals surface area contributed by atoms with Crippen molar-refractivity contribution < 1.29 is 14.2 Å². The number of fused-ring (bicyclic) bond motifs is 1. The molecule has 5 rings (SSSR count). The number of piperazine rings is 1. The van der Waals surface area contributed by atoms with Crippen LogP contribution in [-0.4, -0.2) is 62.4 Å². The zero-order valence-corrected chi connectivity index (χ0v) is 21.4. The SMILES string of the molecule is COc1ccc(CN2CCN(c3nc(C)nc4scc(-c5ccccc5)c34)CC2)c(OC)c1OC. The van der Waals surface area contributed by atoms with Crippen molar-refractivity contribution in [2.45, 2.75) is 13.5 Å². The maximum Gasteiger partial charge on any atom is 0.203 e. The predicted molar refractivity (Wildman–Crippen MR) is 141 cm³/mol. The van der Waals surface area contributed by atoms with E-state index in [0.29, 0.717) is 11.5 Å². The number of rotatable bonds is 7. The average molecular weight is 491 g/mol. The first-order chi connectivity index (χ1) is 17.1. The fourth-order valence-electron chi connectivity index (χ4n) is 4.73. The van der Waals surface area contributed by atoms with Crippen LogP contribution in [0.5, 0.6) is 17.2 Å². The maximum absolute atomic E-state index is 5.69. The molecule has 1 saturated heterocycles. The van der Waals surface area contributed by atoms with Crippen LogP contribution in [0.4, 0.5) is 5.82 Å². The molecule has 1 fully saturated rings. The van der Waals surface area contributed by atoms with Crippen molar-refractivity contribution in [1.82, 2.24) is 14.9 Å². The van der Waals surface area contributed by atoms with Crippen molar-refractivity contribution in [3.05, 3.63) is 59.2 Å². The van der Waals surface area contributed by atoms with Crippen LogP contribution in [0.2, 0.25) is 0 Å². The van der Waals surface area contributed by atoms with E-state index < -0.39 is 0 Å². The van der Waals surface area contributed by atoms with Crippen molar-refractivity contribution in [3.63, 3.8) is 0 Å². The summed E-state index contributed by atoms with van der Waals surface area (Å²) in [7, 11) is 4.95. The number of aryl methyl sites for hydroxylation is 1. The fourth-order valence-corrected chi connectivity index (χ4v) is 5.72. The standard InChI is InChI=1S/C27H30N4O3S/c1-18-28-26(23-21(17-35-27(23)29-18)19-8-6-5-7-9-19)31-14-12-30(13-15-31)16-20-10-11-22(32-2)25(34-4)24(20)33-3/h5-11,17H,12-16H2,1-4H3. The second-order valence-electron chi connectivity index (χ2n) is 8.55. The average Bonchev–Trinajstić information content (AvgIpc) is 3.32. The molecule has 0 amide bonds. The van der Waals surface area contributed by atoms with Crippen molar-refractivity contribution in [3.8, 4) is 28.4 Å². The van der Waals surface area contributed by atoms with Gasteiger partial charge in [0.1, 0.15) is 16.5 Å². The van der Waals surface area contributed by atoms with Gasteiger partial charge in [0.05, 0.1) is 26.7 Å². The Balaban J connectivity index is 1.38. The Morgan fingerprint density at radius 2 is 1.60 bits per heavy atom. The van der Waals surface area contributed by atoms with Crippen LogP contribution >= 0.6 is 11.3 Å². The van der Waals surface area contributed by atoms with Crippen LogP contribution in [0.15, 0.2) is 47.8 Å². The molecular formula is C27H30N4O3S.